The monoisotopic (exact) mass is 399 g/mol. The van der Waals surface area contributed by atoms with Crippen LogP contribution in [-0.2, 0) is 4.79 Å². The molecule has 6 nitrogen and oxygen atoms in total. The second-order valence-electron chi connectivity index (χ2n) is 7.92. The molecule has 3 heterocycles. The van der Waals surface area contributed by atoms with Gasteiger partial charge in [0.2, 0.25) is 5.91 Å². The predicted octanol–water partition coefficient (Wildman–Crippen LogP) is 4.34. The Morgan fingerprint density at radius 2 is 1.82 bits per heavy atom. The van der Waals surface area contributed by atoms with Gasteiger partial charge in [-0.15, -0.1) is 10.2 Å². The summed E-state index contributed by atoms with van der Waals surface area (Å²) in [5.74, 6) is 1.56. The van der Waals surface area contributed by atoms with Gasteiger partial charge in [-0.1, -0.05) is 31.0 Å². The molecule has 0 spiro atoms. The first-order valence-corrected chi connectivity index (χ1v) is 11.5. The van der Waals surface area contributed by atoms with Crippen LogP contribution in [0.25, 0.3) is 11.4 Å². The molecule has 150 valence electrons. The topological polar surface area (TPSA) is 63.9 Å². The number of amides is 1. The quantitative estimate of drug-likeness (QED) is 0.700. The van der Waals surface area contributed by atoms with Crippen molar-refractivity contribution in [1.82, 2.24) is 24.6 Å². The van der Waals surface area contributed by atoms with Crippen molar-refractivity contribution in [3.05, 3.63) is 24.5 Å². The average molecular weight is 400 g/mol. The second-order valence-corrected chi connectivity index (χ2v) is 8.87. The van der Waals surface area contributed by atoms with E-state index in [1.165, 1.54) is 25.7 Å². The summed E-state index contributed by atoms with van der Waals surface area (Å²) in [4.78, 5) is 19.0. The van der Waals surface area contributed by atoms with Crippen LogP contribution in [0.15, 0.2) is 29.7 Å². The van der Waals surface area contributed by atoms with E-state index in [2.05, 4.69) is 26.7 Å². The number of likely N-dealkylation sites (tertiary alicyclic amines) is 1. The molecule has 0 aromatic carbocycles. The molecular formula is C21H29N5OS. The van der Waals surface area contributed by atoms with Gasteiger partial charge in [-0.2, -0.15) is 0 Å². The fraction of sp³-hybridized carbons (Fsp3) is 0.619. The molecule has 0 bridgehead atoms. The van der Waals surface area contributed by atoms with E-state index in [0.717, 1.165) is 48.8 Å². The average Bonchev–Trinajstić information content (AvgIpc) is 3.17. The van der Waals surface area contributed by atoms with Crippen LogP contribution in [0.2, 0.25) is 0 Å². The third-order valence-corrected chi connectivity index (χ3v) is 6.92. The summed E-state index contributed by atoms with van der Waals surface area (Å²) in [7, 11) is 0. The van der Waals surface area contributed by atoms with Crippen molar-refractivity contribution in [2.24, 2.45) is 0 Å². The van der Waals surface area contributed by atoms with Gasteiger partial charge in [0.1, 0.15) is 0 Å². The maximum absolute atomic E-state index is 12.8. The number of hydrogen-bond donors (Lipinski definition) is 0. The third-order valence-electron chi connectivity index (χ3n) is 5.99. The molecule has 0 N–H and O–H groups in total. The minimum Gasteiger partial charge on any atom is -0.339 e. The van der Waals surface area contributed by atoms with Crippen molar-refractivity contribution in [2.45, 2.75) is 75.5 Å². The van der Waals surface area contributed by atoms with Crippen LogP contribution in [-0.4, -0.2) is 48.9 Å². The Morgan fingerprint density at radius 3 is 2.57 bits per heavy atom. The molecule has 2 aromatic rings. The summed E-state index contributed by atoms with van der Waals surface area (Å²) >= 11 is 1.54. The highest BCUT2D eigenvalue weighted by Gasteiger charge is 2.26. The number of hydrogen-bond acceptors (Lipinski definition) is 5. The minimum absolute atomic E-state index is 0.223. The largest absolute Gasteiger partial charge is 0.339 e. The van der Waals surface area contributed by atoms with Crippen molar-refractivity contribution < 1.29 is 4.79 Å². The van der Waals surface area contributed by atoms with Gasteiger partial charge < -0.3 is 4.90 Å². The van der Waals surface area contributed by atoms with Gasteiger partial charge in [-0.25, -0.2) is 0 Å². The summed E-state index contributed by atoms with van der Waals surface area (Å²) in [6, 6.07) is 4.74. The third kappa shape index (κ3) is 4.24. The summed E-state index contributed by atoms with van der Waals surface area (Å²) in [5, 5.41) is 9.87. The van der Waals surface area contributed by atoms with Crippen LogP contribution in [0.1, 0.15) is 64.3 Å². The Morgan fingerprint density at radius 1 is 1.07 bits per heavy atom. The molecular weight excluding hydrogens is 370 g/mol. The lowest BCUT2D eigenvalue weighted by atomic mass is 9.95. The van der Waals surface area contributed by atoms with Crippen LogP contribution in [0.5, 0.6) is 0 Å². The number of carbonyl (C=O) groups is 1. The van der Waals surface area contributed by atoms with E-state index in [4.69, 9.17) is 0 Å². The molecule has 1 saturated carbocycles. The van der Waals surface area contributed by atoms with Crippen LogP contribution in [0, 0.1) is 0 Å². The Bertz CT molecular complexity index is 787. The predicted molar refractivity (Wildman–Crippen MR) is 111 cm³/mol. The normalized spacial score (nSPS) is 21.0. The first kappa shape index (κ1) is 19.4. The summed E-state index contributed by atoms with van der Waals surface area (Å²) in [6.07, 6.45) is 13.1. The lowest BCUT2D eigenvalue weighted by Gasteiger charge is -2.33. The van der Waals surface area contributed by atoms with E-state index in [1.807, 2.05) is 17.0 Å². The van der Waals surface area contributed by atoms with Gasteiger partial charge in [-0.3, -0.25) is 14.3 Å². The molecule has 1 atom stereocenters. The Kier molecular flexibility index (Phi) is 6.29. The standard InChI is InChI=1S/C21H29N5OS/c1-16-7-5-6-14-25(16)19(27)15-28-21-24-23-20(17-10-12-22-13-11-17)26(21)18-8-3-2-4-9-18/h10-13,16,18H,2-9,14-15H2,1H3. The second kappa shape index (κ2) is 9.07. The molecule has 2 aromatic heterocycles. The van der Waals surface area contributed by atoms with Crippen LogP contribution in [0.4, 0.5) is 0 Å². The van der Waals surface area contributed by atoms with E-state index in [0.29, 0.717) is 17.8 Å². The molecule has 2 fully saturated rings. The summed E-state index contributed by atoms with van der Waals surface area (Å²) in [6.45, 7) is 3.05. The number of thioether (sulfide) groups is 1. The summed E-state index contributed by atoms with van der Waals surface area (Å²) < 4.78 is 2.28. The molecule has 2 aliphatic rings. The number of nitrogens with zero attached hydrogens (tertiary/aromatic N) is 5. The lowest BCUT2D eigenvalue weighted by Crippen LogP contribution is -2.43. The van der Waals surface area contributed by atoms with E-state index >= 15 is 0 Å². The number of carbonyl (C=O) groups excluding carboxylic acids is 1. The number of piperidine rings is 1. The van der Waals surface area contributed by atoms with E-state index in [-0.39, 0.29) is 5.91 Å². The molecule has 0 radical (unpaired) electrons. The lowest BCUT2D eigenvalue weighted by molar-refractivity contribution is -0.131. The maximum Gasteiger partial charge on any atom is 0.233 e. The molecule has 1 saturated heterocycles. The maximum atomic E-state index is 12.8. The number of pyridine rings is 1. The van der Waals surface area contributed by atoms with Crippen molar-refractivity contribution in [3.63, 3.8) is 0 Å². The molecule has 4 rings (SSSR count). The number of aromatic nitrogens is 4. The van der Waals surface area contributed by atoms with Gasteiger partial charge in [0.05, 0.1) is 5.75 Å². The zero-order valence-corrected chi connectivity index (χ0v) is 17.4. The first-order valence-electron chi connectivity index (χ1n) is 10.5. The molecule has 1 aliphatic carbocycles. The first-order chi connectivity index (χ1) is 13.7. The van der Waals surface area contributed by atoms with Gasteiger partial charge in [0.25, 0.3) is 0 Å². The van der Waals surface area contributed by atoms with Crippen LogP contribution >= 0.6 is 11.8 Å². The molecule has 1 unspecified atom stereocenters. The highest BCUT2D eigenvalue weighted by Crippen LogP contribution is 2.35. The highest BCUT2D eigenvalue weighted by atomic mass is 32.2. The number of rotatable bonds is 5. The molecule has 28 heavy (non-hydrogen) atoms. The van der Waals surface area contributed by atoms with Crippen molar-refractivity contribution in [3.8, 4) is 11.4 Å². The van der Waals surface area contributed by atoms with Gasteiger partial charge in [-0.05, 0) is 51.2 Å². The zero-order valence-electron chi connectivity index (χ0n) is 16.6. The zero-order chi connectivity index (χ0) is 19.3. The van der Waals surface area contributed by atoms with Crippen molar-refractivity contribution in [2.75, 3.05) is 12.3 Å². The van der Waals surface area contributed by atoms with Crippen molar-refractivity contribution in [1.29, 1.82) is 0 Å². The van der Waals surface area contributed by atoms with E-state index in [1.54, 1.807) is 24.2 Å². The van der Waals surface area contributed by atoms with Gasteiger partial charge >= 0.3 is 0 Å². The van der Waals surface area contributed by atoms with Crippen LogP contribution < -0.4 is 0 Å². The Balaban J connectivity index is 1.54. The van der Waals surface area contributed by atoms with E-state index in [9.17, 15) is 4.79 Å². The van der Waals surface area contributed by atoms with Gasteiger partial charge in [0, 0.05) is 36.6 Å². The highest BCUT2D eigenvalue weighted by molar-refractivity contribution is 7.99. The molecule has 7 heteroatoms. The van der Waals surface area contributed by atoms with E-state index < -0.39 is 0 Å². The fourth-order valence-electron chi connectivity index (χ4n) is 4.42. The Hall–Kier alpha value is -1.89. The minimum atomic E-state index is 0.223. The smallest absolute Gasteiger partial charge is 0.233 e. The fourth-order valence-corrected chi connectivity index (χ4v) is 5.31. The van der Waals surface area contributed by atoms with Crippen molar-refractivity contribution >= 4 is 17.7 Å². The Labute approximate surface area is 171 Å². The summed E-state index contributed by atoms with van der Waals surface area (Å²) in [5.41, 5.74) is 1.04. The SMILES string of the molecule is CC1CCCCN1C(=O)CSc1nnc(-c2ccncc2)n1C1CCCCC1. The van der Waals surface area contributed by atoms with Gasteiger partial charge in [0.15, 0.2) is 11.0 Å². The molecule has 1 amide bonds. The molecule has 1 aliphatic heterocycles. The van der Waals surface area contributed by atoms with Crippen LogP contribution in [0.3, 0.4) is 0 Å².